The maximum absolute atomic E-state index is 12.4. The summed E-state index contributed by atoms with van der Waals surface area (Å²) in [6.07, 6.45) is 1.52. The van der Waals surface area contributed by atoms with Crippen molar-refractivity contribution in [1.82, 2.24) is 9.47 Å². The minimum atomic E-state index is -0.773. The first-order chi connectivity index (χ1) is 9.54. The molecule has 0 bridgehead atoms. The number of methoxy groups -OCH3 is 1. The fourth-order valence-electron chi connectivity index (χ4n) is 2.03. The van der Waals surface area contributed by atoms with Crippen LogP contribution in [0.2, 0.25) is 0 Å². The van der Waals surface area contributed by atoms with Crippen LogP contribution in [0.4, 0.5) is 0 Å². The molecule has 7 nitrogen and oxygen atoms in total. The summed E-state index contributed by atoms with van der Waals surface area (Å²) in [4.78, 5) is 37.0. The van der Waals surface area contributed by atoms with E-state index >= 15 is 0 Å². The van der Waals surface area contributed by atoms with Crippen LogP contribution < -0.4 is 5.56 Å². The van der Waals surface area contributed by atoms with Crippen molar-refractivity contribution in [1.29, 1.82) is 0 Å². The Morgan fingerprint density at radius 2 is 2.20 bits per heavy atom. The molecule has 1 aromatic rings. The Morgan fingerprint density at radius 3 is 2.85 bits per heavy atom. The van der Waals surface area contributed by atoms with Gasteiger partial charge in [0.15, 0.2) is 6.04 Å². The highest BCUT2D eigenvalue weighted by Gasteiger charge is 2.34. The molecule has 0 radical (unpaired) electrons. The Balaban J connectivity index is 2.27. The summed E-state index contributed by atoms with van der Waals surface area (Å²) in [7, 11) is 2.86. The molecule has 1 unspecified atom stereocenters. The van der Waals surface area contributed by atoms with E-state index in [0.29, 0.717) is 6.61 Å². The lowest BCUT2D eigenvalue weighted by atomic mass is 10.1. The second kappa shape index (κ2) is 5.87. The summed E-state index contributed by atoms with van der Waals surface area (Å²) in [6, 6.07) is 2.03. The lowest BCUT2D eigenvalue weighted by Gasteiger charge is -2.33. The zero-order valence-corrected chi connectivity index (χ0v) is 11.4. The van der Waals surface area contributed by atoms with Crippen LogP contribution in [0.5, 0.6) is 0 Å². The average Bonchev–Trinajstić information content (AvgIpc) is 2.48. The highest BCUT2D eigenvalue weighted by atomic mass is 16.5. The van der Waals surface area contributed by atoms with Gasteiger partial charge in [-0.2, -0.15) is 0 Å². The Morgan fingerprint density at radius 1 is 1.45 bits per heavy atom. The molecule has 0 N–H and O–H groups in total. The molecule has 0 spiro atoms. The minimum absolute atomic E-state index is 0.100. The van der Waals surface area contributed by atoms with E-state index < -0.39 is 12.0 Å². The quantitative estimate of drug-likeness (QED) is 0.676. The van der Waals surface area contributed by atoms with Crippen molar-refractivity contribution in [3.8, 4) is 0 Å². The minimum Gasteiger partial charge on any atom is -0.467 e. The first-order valence-corrected chi connectivity index (χ1v) is 6.18. The molecule has 1 aliphatic heterocycles. The number of morpholine rings is 1. The number of carbonyl (C=O) groups excluding carboxylic acids is 2. The Labute approximate surface area is 115 Å². The third-order valence-corrected chi connectivity index (χ3v) is 3.21. The normalized spacial score (nSPS) is 18.7. The predicted molar refractivity (Wildman–Crippen MR) is 69.3 cm³/mol. The molecule has 1 amide bonds. The molecule has 20 heavy (non-hydrogen) atoms. The SMILES string of the molecule is COC(=O)C1COCCN1C(=O)c1ccn(C)c(=O)c1. The zero-order chi connectivity index (χ0) is 14.7. The first-order valence-electron chi connectivity index (χ1n) is 6.18. The maximum atomic E-state index is 12.4. The van der Waals surface area contributed by atoms with E-state index in [1.165, 1.54) is 28.8 Å². The maximum Gasteiger partial charge on any atom is 0.331 e. The number of aryl methyl sites for hydroxylation is 1. The monoisotopic (exact) mass is 280 g/mol. The molecule has 2 heterocycles. The first kappa shape index (κ1) is 14.3. The predicted octanol–water partition coefficient (Wildman–Crippen LogP) is -0.601. The molecule has 0 aliphatic carbocycles. The number of carbonyl (C=O) groups is 2. The summed E-state index contributed by atoms with van der Waals surface area (Å²) in [5, 5.41) is 0. The number of hydrogen-bond acceptors (Lipinski definition) is 5. The molecule has 1 fully saturated rings. The fraction of sp³-hybridized carbons (Fsp3) is 0.462. The van der Waals surface area contributed by atoms with Gasteiger partial charge in [0.05, 0.1) is 20.3 Å². The number of pyridine rings is 1. The van der Waals surface area contributed by atoms with E-state index in [-0.39, 0.29) is 30.2 Å². The van der Waals surface area contributed by atoms with Crippen molar-refractivity contribution in [2.45, 2.75) is 6.04 Å². The van der Waals surface area contributed by atoms with Gasteiger partial charge in [0, 0.05) is 31.4 Å². The van der Waals surface area contributed by atoms with Crippen LogP contribution in [0, 0.1) is 0 Å². The highest BCUT2D eigenvalue weighted by molar-refractivity contribution is 5.96. The Kier molecular flexibility index (Phi) is 4.19. The van der Waals surface area contributed by atoms with Crippen molar-refractivity contribution in [2.24, 2.45) is 7.05 Å². The number of rotatable bonds is 2. The third-order valence-electron chi connectivity index (χ3n) is 3.21. The fourth-order valence-corrected chi connectivity index (χ4v) is 2.03. The molecular formula is C13H16N2O5. The third kappa shape index (κ3) is 2.72. The standard InChI is InChI=1S/C13H16N2O5/c1-14-4-3-9(7-11(14)16)12(17)15-5-6-20-8-10(15)13(18)19-2/h3-4,7,10H,5-6,8H2,1-2H3. The van der Waals surface area contributed by atoms with Gasteiger partial charge in [0.2, 0.25) is 0 Å². The van der Waals surface area contributed by atoms with Crippen LogP contribution in [0.15, 0.2) is 23.1 Å². The molecule has 108 valence electrons. The summed E-state index contributed by atoms with van der Waals surface area (Å²) < 4.78 is 11.2. The topological polar surface area (TPSA) is 77.8 Å². The molecule has 1 aliphatic rings. The number of esters is 1. The molecule has 0 aromatic carbocycles. The number of aromatic nitrogens is 1. The largest absolute Gasteiger partial charge is 0.467 e. The highest BCUT2D eigenvalue weighted by Crippen LogP contribution is 2.12. The number of hydrogen-bond donors (Lipinski definition) is 0. The summed E-state index contributed by atoms with van der Waals surface area (Å²) in [5.41, 5.74) is -0.0253. The van der Waals surface area contributed by atoms with Gasteiger partial charge in [-0.15, -0.1) is 0 Å². The van der Waals surface area contributed by atoms with E-state index in [9.17, 15) is 14.4 Å². The van der Waals surface area contributed by atoms with Gasteiger partial charge in [0.1, 0.15) is 0 Å². The van der Waals surface area contributed by atoms with E-state index in [2.05, 4.69) is 4.74 Å². The number of nitrogens with zero attached hydrogens (tertiary/aromatic N) is 2. The summed E-state index contributed by atoms with van der Waals surface area (Å²) >= 11 is 0. The van der Waals surface area contributed by atoms with Crippen LogP contribution in [-0.4, -0.2) is 54.3 Å². The molecule has 1 aromatic heterocycles. The summed E-state index contributed by atoms with van der Waals surface area (Å²) in [5.74, 6) is -0.900. The second-order valence-electron chi connectivity index (χ2n) is 4.48. The van der Waals surface area contributed by atoms with Gasteiger partial charge in [-0.3, -0.25) is 9.59 Å². The van der Waals surface area contributed by atoms with E-state index in [1.807, 2.05) is 0 Å². The smallest absolute Gasteiger partial charge is 0.331 e. The van der Waals surface area contributed by atoms with E-state index in [0.717, 1.165) is 0 Å². The van der Waals surface area contributed by atoms with Crippen LogP contribution in [0.1, 0.15) is 10.4 Å². The Bertz CT molecular complexity index is 580. The molecule has 2 rings (SSSR count). The van der Waals surface area contributed by atoms with Gasteiger partial charge in [0.25, 0.3) is 11.5 Å². The molecular weight excluding hydrogens is 264 g/mol. The molecule has 0 saturated carbocycles. The lowest BCUT2D eigenvalue weighted by Crippen LogP contribution is -2.53. The lowest BCUT2D eigenvalue weighted by molar-refractivity contribution is -0.151. The molecule has 7 heteroatoms. The van der Waals surface area contributed by atoms with Crippen molar-refractivity contribution < 1.29 is 19.1 Å². The average molecular weight is 280 g/mol. The van der Waals surface area contributed by atoms with Crippen LogP contribution >= 0.6 is 0 Å². The van der Waals surface area contributed by atoms with Crippen LogP contribution in [0.25, 0.3) is 0 Å². The van der Waals surface area contributed by atoms with E-state index in [1.54, 1.807) is 13.1 Å². The molecule has 1 atom stereocenters. The Hall–Kier alpha value is -2.15. The number of ether oxygens (including phenoxy) is 2. The summed E-state index contributed by atoms with van der Waals surface area (Å²) in [6.45, 7) is 0.737. The van der Waals surface area contributed by atoms with Crippen molar-refractivity contribution in [3.63, 3.8) is 0 Å². The van der Waals surface area contributed by atoms with Crippen molar-refractivity contribution >= 4 is 11.9 Å². The van der Waals surface area contributed by atoms with Crippen molar-refractivity contribution in [3.05, 3.63) is 34.2 Å². The zero-order valence-electron chi connectivity index (χ0n) is 11.4. The number of amides is 1. The van der Waals surface area contributed by atoms with Crippen LogP contribution in [-0.2, 0) is 21.3 Å². The van der Waals surface area contributed by atoms with Gasteiger partial charge in [-0.05, 0) is 6.07 Å². The second-order valence-corrected chi connectivity index (χ2v) is 4.48. The van der Waals surface area contributed by atoms with Gasteiger partial charge in [-0.25, -0.2) is 4.79 Å². The van der Waals surface area contributed by atoms with Gasteiger partial charge in [-0.1, -0.05) is 0 Å². The van der Waals surface area contributed by atoms with Crippen LogP contribution in [0.3, 0.4) is 0 Å². The molecule has 1 saturated heterocycles. The van der Waals surface area contributed by atoms with Gasteiger partial charge < -0.3 is 18.9 Å². The van der Waals surface area contributed by atoms with Gasteiger partial charge >= 0.3 is 5.97 Å². The van der Waals surface area contributed by atoms with E-state index in [4.69, 9.17) is 4.74 Å². The van der Waals surface area contributed by atoms with Crippen molar-refractivity contribution in [2.75, 3.05) is 26.9 Å².